The average Bonchev–Trinajstić information content (AvgIpc) is 2.25. The molecule has 0 bridgehead atoms. The lowest BCUT2D eigenvalue weighted by molar-refractivity contribution is -0.305. The Morgan fingerprint density at radius 1 is 0.448 bits per heavy atom. The SMILES string of the molecule is CCCCC/C=C\C/C=C\C/C=C\C/C=C\CCCCCCCCC(O)C(=O)NC(COC1OC(CO)C(O)C(O)C1OC(=O)CCCCCCCCCCCC/C=C\C/C=C\C/C=C\CCCCC)C(O)/C=C/CCCCCCCCCCCCC. The average molecular weight is 1220 g/mol. The van der Waals surface area contributed by atoms with Gasteiger partial charge < -0.3 is 45.1 Å². The molecule has 0 radical (unpaired) electrons. The minimum absolute atomic E-state index is 0.114. The Morgan fingerprint density at radius 3 is 1.21 bits per heavy atom. The Bertz CT molecular complexity index is 1790. The molecule has 1 fully saturated rings. The minimum atomic E-state index is -1.62. The van der Waals surface area contributed by atoms with Gasteiger partial charge in [0.25, 0.3) is 0 Å². The maximum Gasteiger partial charge on any atom is 0.306 e. The van der Waals surface area contributed by atoms with Crippen LogP contribution in [0.3, 0.4) is 0 Å². The maximum atomic E-state index is 13.5. The molecule has 11 nitrogen and oxygen atoms in total. The summed E-state index contributed by atoms with van der Waals surface area (Å²) in [4.78, 5) is 26.7. The number of unbranched alkanes of at least 4 members (excludes halogenated alkanes) is 33. The monoisotopic (exact) mass is 1220 g/mol. The molecule has 8 unspecified atom stereocenters. The number of hydrogen-bond donors (Lipinski definition) is 6. The van der Waals surface area contributed by atoms with Crippen LogP contribution >= 0.6 is 0 Å². The van der Waals surface area contributed by atoms with Gasteiger partial charge in [0.05, 0.1) is 25.4 Å². The van der Waals surface area contributed by atoms with Gasteiger partial charge in [0.2, 0.25) is 5.91 Å². The number of esters is 1. The molecule has 0 aliphatic carbocycles. The van der Waals surface area contributed by atoms with Gasteiger partial charge in [0.1, 0.15) is 24.4 Å². The molecule has 1 heterocycles. The maximum absolute atomic E-state index is 13.5. The number of ether oxygens (including phenoxy) is 3. The summed E-state index contributed by atoms with van der Waals surface area (Å²) >= 11 is 0. The number of carbonyl (C=O) groups is 2. The second-order valence-corrected chi connectivity index (χ2v) is 24.6. The molecule has 0 saturated carbocycles. The Morgan fingerprint density at radius 2 is 0.793 bits per heavy atom. The van der Waals surface area contributed by atoms with Gasteiger partial charge in [-0.1, -0.05) is 291 Å². The fourth-order valence-electron chi connectivity index (χ4n) is 10.8. The second-order valence-electron chi connectivity index (χ2n) is 24.6. The first-order valence-electron chi connectivity index (χ1n) is 36.0. The van der Waals surface area contributed by atoms with Crippen molar-refractivity contribution in [2.24, 2.45) is 0 Å². The Labute approximate surface area is 533 Å². The van der Waals surface area contributed by atoms with Crippen molar-refractivity contribution in [3.05, 3.63) is 97.2 Å². The number of allylic oxidation sites excluding steroid dienone is 15. The molecule has 1 aliphatic rings. The van der Waals surface area contributed by atoms with Crippen molar-refractivity contribution in [3.8, 4) is 0 Å². The highest BCUT2D eigenvalue weighted by molar-refractivity contribution is 5.80. The van der Waals surface area contributed by atoms with E-state index in [0.29, 0.717) is 12.8 Å². The molecular formula is C76H133NO10. The van der Waals surface area contributed by atoms with Gasteiger partial charge in [-0.3, -0.25) is 9.59 Å². The van der Waals surface area contributed by atoms with Crippen LogP contribution in [0.15, 0.2) is 97.2 Å². The molecule has 0 aromatic heterocycles. The van der Waals surface area contributed by atoms with Crippen molar-refractivity contribution in [1.29, 1.82) is 0 Å². The first kappa shape index (κ1) is 81.6. The van der Waals surface area contributed by atoms with Crippen LogP contribution in [0.5, 0.6) is 0 Å². The van der Waals surface area contributed by atoms with E-state index in [1.165, 1.54) is 148 Å². The fourth-order valence-corrected chi connectivity index (χ4v) is 10.8. The van der Waals surface area contributed by atoms with Crippen LogP contribution in [-0.4, -0.2) is 99.6 Å². The van der Waals surface area contributed by atoms with E-state index in [4.69, 9.17) is 14.2 Å². The van der Waals surface area contributed by atoms with E-state index in [-0.39, 0.29) is 19.4 Å². The van der Waals surface area contributed by atoms with Gasteiger partial charge in [-0.15, -0.1) is 0 Å². The number of rotatable bonds is 61. The lowest BCUT2D eigenvalue weighted by atomic mass is 9.99. The molecule has 1 saturated heterocycles. The van der Waals surface area contributed by atoms with Crippen LogP contribution in [-0.2, 0) is 23.8 Å². The summed E-state index contributed by atoms with van der Waals surface area (Å²) < 4.78 is 17.7. The molecule has 502 valence electrons. The third kappa shape index (κ3) is 50.0. The van der Waals surface area contributed by atoms with Crippen LogP contribution in [0.25, 0.3) is 0 Å². The van der Waals surface area contributed by atoms with Crippen LogP contribution in [0, 0.1) is 0 Å². The highest BCUT2D eigenvalue weighted by Gasteiger charge is 2.47. The molecular weight excluding hydrogens is 1090 g/mol. The van der Waals surface area contributed by atoms with Gasteiger partial charge in [-0.25, -0.2) is 0 Å². The van der Waals surface area contributed by atoms with Crippen molar-refractivity contribution in [2.45, 2.75) is 359 Å². The summed E-state index contributed by atoms with van der Waals surface area (Å²) in [5.74, 6) is -1.21. The summed E-state index contributed by atoms with van der Waals surface area (Å²) in [6.07, 6.45) is 74.3. The van der Waals surface area contributed by atoms with E-state index in [1.54, 1.807) is 6.08 Å². The second kappa shape index (κ2) is 62.8. The Kier molecular flexibility index (Phi) is 58.9. The lowest BCUT2D eigenvalue weighted by Gasteiger charge is -2.41. The molecule has 6 N–H and O–H groups in total. The van der Waals surface area contributed by atoms with E-state index < -0.39 is 67.4 Å². The van der Waals surface area contributed by atoms with Crippen LogP contribution in [0.1, 0.15) is 310 Å². The van der Waals surface area contributed by atoms with E-state index in [0.717, 1.165) is 116 Å². The lowest BCUT2D eigenvalue weighted by Crippen LogP contribution is -2.61. The zero-order valence-corrected chi connectivity index (χ0v) is 55.9. The van der Waals surface area contributed by atoms with Crippen molar-refractivity contribution in [3.63, 3.8) is 0 Å². The summed E-state index contributed by atoms with van der Waals surface area (Å²) in [5.41, 5.74) is 0. The van der Waals surface area contributed by atoms with E-state index in [2.05, 4.69) is 111 Å². The normalized spacial score (nSPS) is 18.8. The summed E-state index contributed by atoms with van der Waals surface area (Å²) in [6.45, 7) is 5.75. The number of aliphatic hydroxyl groups excluding tert-OH is 5. The molecule has 8 atom stereocenters. The van der Waals surface area contributed by atoms with Crippen LogP contribution in [0.4, 0.5) is 0 Å². The van der Waals surface area contributed by atoms with Gasteiger partial charge in [0.15, 0.2) is 12.4 Å². The van der Waals surface area contributed by atoms with Crippen molar-refractivity contribution >= 4 is 11.9 Å². The Balaban J connectivity index is 2.61. The zero-order chi connectivity index (χ0) is 63.1. The number of amides is 1. The fraction of sp³-hybridized carbons (Fsp3) is 0.763. The van der Waals surface area contributed by atoms with E-state index >= 15 is 0 Å². The molecule has 1 rings (SSSR count). The first-order valence-corrected chi connectivity index (χ1v) is 36.0. The predicted octanol–water partition coefficient (Wildman–Crippen LogP) is 18.6. The zero-order valence-electron chi connectivity index (χ0n) is 55.9. The van der Waals surface area contributed by atoms with Gasteiger partial charge in [-0.2, -0.15) is 0 Å². The standard InChI is InChI=1S/C76H133NO10/c1-4-7-10-13-16-19-22-25-27-29-31-33-35-37-39-41-43-46-49-52-55-58-61-64-71(81)87-74-73(83)72(82)70(65-78)86-76(74)85-66-67(68(79)62-59-56-53-50-47-44-24-21-18-15-12-9-6-3)77-75(84)69(80)63-60-57-54-51-48-45-42-40-38-36-34-32-30-28-26-23-20-17-14-11-8-5-2/h16-17,19-20,25-28,31-34,38,40,59,62,67-70,72-74,76,78-80,82-83H,4-15,18,21-24,29-30,35-37,39,41-58,60-61,63-66H2,1-3H3,(H,77,84)/b19-16-,20-17-,27-25-,28-26-,33-31-,34-32-,40-38-,62-59+. The van der Waals surface area contributed by atoms with Crippen LogP contribution in [0.2, 0.25) is 0 Å². The summed E-state index contributed by atoms with van der Waals surface area (Å²) in [5, 5.41) is 57.3. The van der Waals surface area contributed by atoms with Gasteiger partial charge >= 0.3 is 5.97 Å². The first-order chi connectivity index (χ1) is 42.7. The number of carbonyl (C=O) groups excluding carboxylic acids is 2. The van der Waals surface area contributed by atoms with E-state index in [9.17, 15) is 35.1 Å². The topological polar surface area (TPSA) is 175 Å². The van der Waals surface area contributed by atoms with Crippen molar-refractivity contribution in [1.82, 2.24) is 5.32 Å². The quantitative estimate of drug-likeness (QED) is 0.0195. The Hall–Kier alpha value is -3.42. The number of hydrogen-bond acceptors (Lipinski definition) is 10. The largest absolute Gasteiger partial charge is 0.454 e. The summed E-state index contributed by atoms with van der Waals surface area (Å²) in [6, 6.07) is -1.04. The van der Waals surface area contributed by atoms with Gasteiger partial charge in [-0.05, 0) is 109 Å². The predicted molar refractivity (Wildman–Crippen MR) is 365 cm³/mol. The molecule has 11 heteroatoms. The molecule has 0 aromatic carbocycles. The molecule has 87 heavy (non-hydrogen) atoms. The molecule has 0 spiro atoms. The third-order valence-electron chi connectivity index (χ3n) is 16.5. The number of nitrogens with one attached hydrogen (secondary N) is 1. The highest BCUT2D eigenvalue weighted by atomic mass is 16.7. The molecule has 1 aliphatic heterocycles. The minimum Gasteiger partial charge on any atom is -0.454 e. The highest BCUT2D eigenvalue weighted by Crippen LogP contribution is 2.26. The van der Waals surface area contributed by atoms with E-state index in [1.807, 2.05) is 6.08 Å². The molecule has 0 aromatic rings. The number of aliphatic hydroxyl groups is 5. The molecule has 1 amide bonds. The summed E-state index contributed by atoms with van der Waals surface area (Å²) in [7, 11) is 0. The van der Waals surface area contributed by atoms with Crippen molar-refractivity contribution in [2.75, 3.05) is 13.2 Å². The third-order valence-corrected chi connectivity index (χ3v) is 16.5. The van der Waals surface area contributed by atoms with Crippen molar-refractivity contribution < 1.29 is 49.3 Å². The van der Waals surface area contributed by atoms with Crippen LogP contribution < -0.4 is 5.32 Å². The smallest absolute Gasteiger partial charge is 0.306 e. The van der Waals surface area contributed by atoms with Gasteiger partial charge in [0, 0.05) is 6.42 Å².